The predicted molar refractivity (Wildman–Crippen MR) is 122 cm³/mol. The zero-order valence-corrected chi connectivity index (χ0v) is 17.7. The van der Waals surface area contributed by atoms with Crippen LogP contribution >= 0.6 is 0 Å². The van der Waals surface area contributed by atoms with Crippen molar-refractivity contribution in [2.45, 2.75) is 24.9 Å². The Balaban J connectivity index is 1.43. The van der Waals surface area contributed by atoms with E-state index >= 15 is 0 Å². The quantitative estimate of drug-likeness (QED) is 0.401. The van der Waals surface area contributed by atoms with Crippen molar-refractivity contribution in [1.29, 1.82) is 0 Å². The Hall–Kier alpha value is -3.85. The molecule has 2 heterocycles. The molecule has 1 saturated carbocycles. The molecule has 0 radical (unpaired) electrons. The van der Waals surface area contributed by atoms with Gasteiger partial charge >= 0.3 is 0 Å². The second-order valence-electron chi connectivity index (χ2n) is 7.97. The van der Waals surface area contributed by atoms with E-state index in [2.05, 4.69) is 21.9 Å². The minimum Gasteiger partial charge on any atom is -0.454 e. The van der Waals surface area contributed by atoms with E-state index in [-0.39, 0.29) is 11.8 Å². The highest BCUT2D eigenvalue weighted by molar-refractivity contribution is 5.98. The number of aromatic nitrogens is 4. The number of hydrogen-bond donors (Lipinski definition) is 2. The van der Waals surface area contributed by atoms with E-state index in [4.69, 9.17) is 15.6 Å². The molecule has 1 fully saturated rings. The van der Waals surface area contributed by atoms with E-state index in [1.807, 2.05) is 22.9 Å². The topological polar surface area (TPSA) is 90.9 Å². The first-order valence-electron chi connectivity index (χ1n) is 10.6. The molecule has 1 aliphatic rings. The summed E-state index contributed by atoms with van der Waals surface area (Å²) in [5.74, 6) is -0.717. The van der Waals surface area contributed by atoms with E-state index < -0.39 is 11.6 Å². The van der Waals surface area contributed by atoms with E-state index in [0.29, 0.717) is 34.3 Å². The molecule has 2 aromatic heterocycles. The van der Waals surface area contributed by atoms with Gasteiger partial charge in [0.2, 0.25) is 0 Å². The summed E-state index contributed by atoms with van der Waals surface area (Å²) in [6, 6.07) is 10.8. The van der Waals surface area contributed by atoms with Crippen LogP contribution in [0.1, 0.15) is 18.9 Å². The highest BCUT2D eigenvalue weighted by Crippen LogP contribution is 2.38. The molecular weight excluding hydrogens is 426 g/mol. The SMILES string of the molecule is C=CCNC1CC(n2nc(-c3ccc(Oc4ccc(F)cc4F)cc3)c3c(N)ncnc32)C1. The van der Waals surface area contributed by atoms with Crippen LogP contribution in [0, 0.1) is 11.6 Å². The standard InChI is InChI=1S/C24H22F2N6O/c1-2-9-28-16-11-17(12-16)32-24-21(23(27)29-13-30-24)22(31-32)14-3-6-18(7-4-14)33-20-8-5-15(25)10-19(20)26/h2-8,10,13,16-17,28H,1,9,11-12H2,(H2,27,29,30). The number of nitrogens with zero attached hydrogens (tertiary/aromatic N) is 4. The monoisotopic (exact) mass is 448 g/mol. The Morgan fingerprint density at radius 1 is 1.15 bits per heavy atom. The van der Waals surface area contributed by atoms with Crippen molar-refractivity contribution in [3.05, 3.63) is 73.1 Å². The van der Waals surface area contributed by atoms with E-state index in [1.165, 1.54) is 12.4 Å². The smallest absolute Gasteiger partial charge is 0.168 e. The second kappa shape index (κ2) is 8.59. The number of nitrogens with two attached hydrogens (primary N) is 1. The zero-order valence-electron chi connectivity index (χ0n) is 17.7. The number of ether oxygens (including phenoxy) is 1. The zero-order chi connectivity index (χ0) is 22.9. The van der Waals surface area contributed by atoms with E-state index in [0.717, 1.165) is 37.1 Å². The first-order valence-corrected chi connectivity index (χ1v) is 10.6. The number of benzene rings is 2. The van der Waals surface area contributed by atoms with Crippen LogP contribution in [-0.2, 0) is 0 Å². The lowest BCUT2D eigenvalue weighted by Crippen LogP contribution is -2.42. The lowest BCUT2D eigenvalue weighted by atomic mass is 9.87. The third kappa shape index (κ3) is 4.03. The summed E-state index contributed by atoms with van der Waals surface area (Å²) in [5, 5.41) is 8.95. The van der Waals surface area contributed by atoms with Crippen LogP contribution in [0.15, 0.2) is 61.4 Å². The molecule has 7 nitrogen and oxygen atoms in total. The molecule has 2 aromatic carbocycles. The molecule has 0 spiro atoms. The van der Waals surface area contributed by atoms with Crippen LogP contribution in [0.25, 0.3) is 22.3 Å². The molecule has 0 saturated heterocycles. The van der Waals surface area contributed by atoms with Crippen LogP contribution in [0.3, 0.4) is 0 Å². The van der Waals surface area contributed by atoms with Crippen molar-refractivity contribution in [2.24, 2.45) is 0 Å². The summed E-state index contributed by atoms with van der Waals surface area (Å²) in [4.78, 5) is 8.59. The molecule has 3 N–H and O–H groups in total. The van der Waals surface area contributed by atoms with Crippen molar-refractivity contribution in [2.75, 3.05) is 12.3 Å². The maximum Gasteiger partial charge on any atom is 0.168 e. The molecule has 0 amide bonds. The van der Waals surface area contributed by atoms with Crippen molar-refractivity contribution in [1.82, 2.24) is 25.1 Å². The van der Waals surface area contributed by atoms with Gasteiger partial charge in [-0.25, -0.2) is 23.4 Å². The average Bonchev–Trinajstić information content (AvgIpc) is 3.16. The second-order valence-corrected chi connectivity index (χ2v) is 7.97. The van der Waals surface area contributed by atoms with Crippen molar-refractivity contribution < 1.29 is 13.5 Å². The van der Waals surface area contributed by atoms with Gasteiger partial charge in [0.05, 0.1) is 11.4 Å². The first-order chi connectivity index (χ1) is 16.0. The summed E-state index contributed by atoms with van der Waals surface area (Å²) >= 11 is 0. The number of nitrogen functional groups attached to an aromatic ring is 1. The highest BCUT2D eigenvalue weighted by atomic mass is 19.1. The Labute approximate surface area is 188 Å². The van der Waals surface area contributed by atoms with Crippen LogP contribution in [0.2, 0.25) is 0 Å². The van der Waals surface area contributed by atoms with Gasteiger partial charge in [0, 0.05) is 24.2 Å². The number of rotatable bonds is 7. The largest absolute Gasteiger partial charge is 0.454 e. The molecule has 0 bridgehead atoms. The Bertz CT molecular complexity index is 1310. The van der Waals surface area contributed by atoms with Gasteiger partial charge in [0.25, 0.3) is 0 Å². The molecule has 0 aliphatic heterocycles. The summed E-state index contributed by atoms with van der Waals surface area (Å²) < 4.78 is 34.5. The maximum absolute atomic E-state index is 13.9. The molecule has 0 atom stereocenters. The molecule has 9 heteroatoms. The fraction of sp³-hybridized carbons (Fsp3) is 0.208. The maximum atomic E-state index is 13.9. The molecule has 5 rings (SSSR count). The molecule has 1 aliphatic carbocycles. The van der Waals surface area contributed by atoms with Gasteiger partial charge < -0.3 is 15.8 Å². The minimum atomic E-state index is -0.768. The Morgan fingerprint density at radius 2 is 1.94 bits per heavy atom. The summed E-state index contributed by atoms with van der Waals surface area (Å²) in [5.41, 5.74) is 8.36. The van der Waals surface area contributed by atoms with Gasteiger partial charge in [-0.15, -0.1) is 6.58 Å². The van der Waals surface area contributed by atoms with Crippen molar-refractivity contribution >= 4 is 16.9 Å². The minimum absolute atomic E-state index is 0.0545. The number of nitrogens with one attached hydrogen (secondary N) is 1. The summed E-state index contributed by atoms with van der Waals surface area (Å²) in [7, 11) is 0. The van der Waals surface area contributed by atoms with E-state index in [9.17, 15) is 8.78 Å². The highest BCUT2D eigenvalue weighted by Gasteiger charge is 2.33. The molecule has 33 heavy (non-hydrogen) atoms. The van der Waals surface area contributed by atoms with Crippen LogP contribution < -0.4 is 15.8 Å². The number of fused-ring (bicyclic) bond motifs is 1. The Kier molecular flexibility index (Phi) is 5.47. The van der Waals surface area contributed by atoms with Gasteiger partial charge in [-0.3, -0.25) is 0 Å². The summed E-state index contributed by atoms with van der Waals surface area (Å²) in [6.45, 7) is 4.51. The predicted octanol–water partition coefficient (Wildman–Crippen LogP) is 4.63. The lowest BCUT2D eigenvalue weighted by Gasteiger charge is -2.36. The molecular formula is C24H22F2N6O. The molecule has 0 unspecified atom stereocenters. The van der Waals surface area contributed by atoms with Gasteiger partial charge in [0.1, 0.15) is 29.4 Å². The van der Waals surface area contributed by atoms with Crippen LogP contribution in [0.5, 0.6) is 11.5 Å². The molecule has 168 valence electrons. The van der Waals surface area contributed by atoms with Gasteiger partial charge in [0.15, 0.2) is 17.2 Å². The number of halogens is 2. The van der Waals surface area contributed by atoms with E-state index in [1.54, 1.807) is 12.1 Å². The van der Waals surface area contributed by atoms with Crippen LogP contribution in [0.4, 0.5) is 14.6 Å². The van der Waals surface area contributed by atoms with Crippen molar-refractivity contribution in [3.8, 4) is 22.8 Å². The van der Waals surface area contributed by atoms with Gasteiger partial charge in [-0.1, -0.05) is 6.08 Å². The average molecular weight is 448 g/mol. The third-order valence-corrected chi connectivity index (χ3v) is 5.78. The van der Waals surface area contributed by atoms with Gasteiger partial charge in [-0.05, 0) is 49.2 Å². The summed E-state index contributed by atoms with van der Waals surface area (Å²) in [6.07, 6.45) is 5.16. The third-order valence-electron chi connectivity index (χ3n) is 5.78. The fourth-order valence-electron chi connectivity index (χ4n) is 4.02. The first kappa shape index (κ1) is 21.0. The number of anilines is 1. The number of hydrogen-bond acceptors (Lipinski definition) is 6. The molecule has 4 aromatic rings. The van der Waals surface area contributed by atoms with Gasteiger partial charge in [-0.2, -0.15) is 5.10 Å². The fourth-order valence-corrected chi connectivity index (χ4v) is 4.02. The lowest BCUT2D eigenvalue weighted by molar-refractivity contribution is 0.220. The Morgan fingerprint density at radius 3 is 2.67 bits per heavy atom. The van der Waals surface area contributed by atoms with Crippen molar-refractivity contribution in [3.63, 3.8) is 0 Å². The van der Waals surface area contributed by atoms with Crippen LogP contribution in [-0.4, -0.2) is 32.3 Å². The normalized spacial score (nSPS) is 17.6.